The van der Waals surface area contributed by atoms with E-state index in [1.165, 1.54) is 0 Å². The van der Waals surface area contributed by atoms with Crippen molar-refractivity contribution in [3.8, 4) is 0 Å². The molecular weight excluding hydrogens is 281 g/mol. The summed E-state index contributed by atoms with van der Waals surface area (Å²) in [6.45, 7) is 0.585. The van der Waals surface area contributed by atoms with Crippen molar-refractivity contribution in [3.63, 3.8) is 0 Å². The lowest BCUT2D eigenvalue weighted by molar-refractivity contribution is 0.270. The van der Waals surface area contributed by atoms with E-state index in [1.54, 1.807) is 4.68 Å². The first-order valence-corrected chi connectivity index (χ1v) is 4.99. The fourth-order valence-corrected chi connectivity index (χ4v) is 1.68. The molecule has 0 fully saturated rings. The summed E-state index contributed by atoms with van der Waals surface area (Å²) in [4.78, 5) is 0. The highest BCUT2D eigenvalue weighted by molar-refractivity contribution is 14.1. The summed E-state index contributed by atoms with van der Waals surface area (Å²) < 4.78 is 2.84. The van der Waals surface area contributed by atoms with Crippen LogP contribution < -0.4 is 0 Å². The monoisotopic (exact) mass is 289 g/mol. The molecule has 2 rings (SSSR count). The summed E-state index contributed by atoms with van der Waals surface area (Å²) >= 11 is 2.23. The van der Waals surface area contributed by atoms with Crippen molar-refractivity contribution in [1.29, 1.82) is 0 Å². The molecule has 0 amide bonds. The van der Waals surface area contributed by atoms with Gasteiger partial charge in [-0.3, -0.25) is 0 Å². The lowest BCUT2D eigenvalue weighted by Crippen LogP contribution is -2.03. The van der Waals surface area contributed by atoms with Gasteiger partial charge in [-0.05, 0) is 40.8 Å². The molecule has 0 unspecified atom stereocenters. The van der Waals surface area contributed by atoms with Crippen LogP contribution in [0.3, 0.4) is 0 Å². The number of aromatic nitrogens is 3. The van der Waals surface area contributed by atoms with Gasteiger partial charge in [0.2, 0.25) is 0 Å². The summed E-state index contributed by atoms with van der Waals surface area (Å²) in [6, 6.07) is 5.93. The van der Waals surface area contributed by atoms with E-state index in [2.05, 4.69) is 32.9 Å². The highest BCUT2D eigenvalue weighted by Crippen LogP contribution is 2.14. The van der Waals surface area contributed by atoms with Crippen LogP contribution in [0.25, 0.3) is 11.0 Å². The molecule has 1 aromatic carbocycles. The summed E-state index contributed by atoms with van der Waals surface area (Å²) in [5.74, 6) is 0. The van der Waals surface area contributed by atoms with Crippen LogP contribution in [0.1, 0.15) is 0 Å². The fraction of sp³-hybridized carbons (Fsp3) is 0.250. The van der Waals surface area contributed by atoms with Gasteiger partial charge < -0.3 is 5.11 Å². The summed E-state index contributed by atoms with van der Waals surface area (Å²) in [5, 5.41) is 16.7. The largest absolute Gasteiger partial charge is 0.394 e. The number of aliphatic hydroxyl groups is 1. The minimum Gasteiger partial charge on any atom is -0.394 e. The number of benzene rings is 1. The second-order valence-corrected chi connectivity index (χ2v) is 3.91. The van der Waals surface area contributed by atoms with Gasteiger partial charge in [0.1, 0.15) is 5.52 Å². The van der Waals surface area contributed by atoms with E-state index in [4.69, 9.17) is 5.11 Å². The van der Waals surface area contributed by atoms with E-state index in [0.29, 0.717) is 6.54 Å². The standard InChI is InChI=1S/C8H8IN3O/c9-6-1-2-8-7(5-6)10-11-12(8)3-4-13/h1-2,5,13H,3-4H2. The molecule has 0 saturated carbocycles. The number of fused-ring (bicyclic) bond motifs is 1. The van der Waals surface area contributed by atoms with Crippen LogP contribution in [0.4, 0.5) is 0 Å². The van der Waals surface area contributed by atoms with Gasteiger partial charge in [0.15, 0.2) is 0 Å². The highest BCUT2D eigenvalue weighted by Gasteiger charge is 2.02. The van der Waals surface area contributed by atoms with Gasteiger partial charge in [0.05, 0.1) is 18.7 Å². The Morgan fingerprint density at radius 3 is 3.08 bits per heavy atom. The van der Waals surface area contributed by atoms with Crippen LogP contribution in [-0.2, 0) is 6.54 Å². The topological polar surface area (TPSA) is 50.9 Å². The number of hydrogen-bond donors (Lipinski definition) is 1. The molecule has 0 atom stereocenters. The van der Waals surface area contributed by atoms with Crippen LogP contribution in [-0.4, -0.2) is 26.7 Å². The normalized spacial score (nSPS) is 10.9. The maximum Gasteiger partial charge on any atom is 0.114 e. The van der Waals surface area contributed by atoms with Crippen molar-refractivity contribution in [3.05, 3.63) is 21.8 Å². The van der Waals surface area contributed by atoms with Gasteiger partial charge in [-0.25, -0.2) is 4.68 Å². The Kier molecular flexibility index (Phi) is 2.45. The summed E-state index contributed by atoms with van der Waals surface area (Å²) in [5.41, 5.74) is 1.84. The van der Waals surface area contributed by atoms with Crippen LogP contribution >= 0.6 is 22.6 Å². The van der Waals surface area contributed by atoms with Crippen LogP contribution in [0, 0.1) is 3.57 Å². The van der Waals surface area contributed by atoms with Crippen LogP contribution in [0.15, 0.2) is 18.2 Å². The van der Waals surface area contributed by atoms with Gasteiger partial charge in [-0.2, -0.15) is 0 Å². The Labute approximate surface area is 88.7 Å². The number of halogens is 1. The first-order valence-electron chi connectivity index (χ1n) is 3.91. The maximum absolute atomic E-state index is 8.76. The Morgan fingerprint density at radius 2 is 2.31 bits per heavy atom. The molecule has 0 aliphatic heterocycles. The van der Waals surface area contributed by atoms with E-state index in [9.17, 15) is 0 Å². The second-order valence-electron chi connectivity index (χ2n) is 2.67. The molecule has 0 saturated heterocycles. The van der Waals surface area contributed by atoms with E-state index in [1.807, 2.05) is 18.2 Å². The molecule has 4 nitrogen and oxygen atoms in total. The first-order chi connectivity index (χ1) is 6.31. The van der Waals surface area contributed by atoms with E-state index in [-0.39, 0.29) is 6.61 Å². The lowest BCUT2D eigenvalue weighted by atomic mass is 10.3. The summed E-state index contributed by atoms with van der Waals surface area (Å²) in [7, 11) is 0. The highest BCUT2D eigenvalue weighted by atomic mass is 127. The minimum atomic E-state index is 0.0877. The molecular formula is C8H8IN3O. The molecule has 68 valence electrons. The number of nitrogens with zero attached hydrogens (tertiary/aromatic N) is 3. The molecule has 0 radical (unpaired) electrons. The minimum absolute atomic E-state index is 0.0877. The Bertz CT molecular complexity index is 426. The molecule has 0 aliphatic rings. The van der Waals surface area contributed by atoms with Gasteiger partial charge in [0.25, 0.3) is 0 Å². The molecule has 2 aromatic rings. The molecule has 0 bridgehead atoms. The Morgan fingerprint density at radius 1 is 1.46 bits per heavy atom. The second kappa shape index (κ2) is 3.59. The van der Waals surface area contributed by atoms with Crippen molar-refractivity contribution in [2.45, 2.75) is 6.54 Å². The van der Waals surface area contributed by atoms with E-state index in [0.717, 1.165) is 14.6 Å². The van der Waals surface area contributed by atoms with Crippen molar-refractivity contribution in [2.75, 3.05) is 6.61 Å². The predicted molar refractivity (Wildman–Crippen MR) is 57.3 cm³/mol. The van der Waals surface area contributed by atoms with Crippen LogP contribution in [0.2, 0.25) is 0 Å². The molecule has 1 heterocycles. The summed E-state index contributed by atoms with van der Waals surface area (Å²) in [6.07, 6.45) is 0. The van der Waals surface area contributed by atoms with Crippen molar-refractivity contribution < 1.29 is 5.11 Å². The number of aliphatic hydroxyl groups excluding tert-OH is 1. The predicted octanol–water partition coefficient (Wildman–Crippen LogP) is 1.03. The third-order valence-electron chi connectivity index (χ3n) is 1.79. The Hall–Kier alpha value is -0.690. The van der Waals surface area contributed by atoms with Crippen molar-refractivity contribution in [1.82, 2.24) is 15.0 Å². The third-order valence-corrected chi connectivity index (χ3v) is 2.46. The van der Waals surface area contributed by atoms with E-state index >= 15 is 0 Å². The zero-order valence-electron chi connectivity index (χ0n) is 6.81. The van der Waals surface area contributed by atoms with Gasteiger partial charge in [0, 0.05) is 3.57 Å². The van der Waals surface area contributed by atoms with Crippen LogP contribution in [0.5, 0.6) is 0 Å². The molecule has 0 spiro atoms. The van der Waals surface area contributed by atoms with Gasteiger partial charge in [-0.1, -0.05) is 5.21 Å². The smallest absolute Gasteiger partial charge is 0.114 e. The number of rotatable bonds is 2. The third kappa shape index (κ3) is 1.66. The maximum atomic E-state index is 8.76. The van der Waals surface area contributed by atoms with Crippen molar-refractivity contribution >= 4 is 33.6 Å². The average Bonchev–Trinajstić information content (AvgIpc) is 2.49. The zero-order chi connectivity index (χ0) is 9.26. The molecule has 1 aromatic heterocycles. The first kappa shape index (κ1) is 8.89. The fourth-order valence-electron chi connectivity index (χ4n) is 1.21. The van der Waals surface area contributed by atoms with E-state index < -0.39 is 0 Å². The molecule has 0 aliphatic carbocycles. The lowest BCUT2D eigenvalue weighted by Gasteiger charge is -1.97. The van der Waals surface area contributed by atoms with Gasteiger partial charge >= 0.3 is 0 Å². The quantitative estimate of drug-likeness (QED) is 0.840. The molecule has 13 heavy (non-hydrogen) atoms. The SMILES string of the molecule is OCCn1nnc2cc(I)ccc21. The number of hydrogen-bond acceptors (Lipinski definition) is 3. The van der Waals surface area contributed by atoms with Crippen molar-refractivity contribution in [2.24, 2.45) is 0 Å². The molecule has 5 heteroatoms. The molecule has 1 N–H and O–H groups in total. The Balaban J connectivity index is 2.55. The van der Waals surface area contributed by atoms with Gasteiger partial charge in [-0.15, -0.1) is 5.10 Å². The average molecular weight is 289 g/mol. The zero-order valence-corrected chi connectivity index (χ0v) is 8.97.